The highest BCUT2D eigenvalue weighted by Crippen LogP contribution is 2.40. The molecule has 0 radical (unpaired) electrons. The fourth-order valence-corrected chi connectivity index (χ4v) is 3.99. The Morgan fingerprint density at radius 3 is 2.69 bits per heavy atom. The maximum Gasteiger partial charge on any atom is 0.290 e. The van der Waals surface area contributed by atoms with Crippen LogP contribution in [0.1, 0.15) is 48.0 Å². The lowest BCUT2D eigenvalue weighted by Gasteiger charge is -2.25. The summed E-state index contributed by atoms with van der Waals surface area (Å²) in [7, 11) is 1.41. The Morgan fingerprint density at radius 2 is 1.97 bits per heavy atom. The summed E-state index contributed by atoms with van der Waals surface area (Å²) in [6, 6.07) is 7.51. The molecule has 0 aliphatic carbocycles. The molecule has 1 aliphatic heterocycles. The fraction of sp³-hybridized carbons (Fsp3) is 0.333. The van der Waals surface area contributed by atoms with Crippen LogP contribution in [0.3, 0.4) is 0 Å². The molecule has 1 aliphatic rings. The summed E-state index contributed by atoms with van der Waals surface area (Å²) >= 11 is 0. The van der Waals surface area contributed by atoms with Crippen LogP contribution in [0.25, 0.3) is 11.0 Å². The van der Waals surface area contributed by atoms with Gasteiger partial charge in [0.05, 0.1) is 30.2 Å². The molecule has 0 saturated carbocycles. The van der Waals surface area contributed by atoms with E-state index in [0.29, 0.717) is 25.1 Å². The topological polar surface area (TPSA) is 89.2 Å². The minimum atomic E-state index is -0.769. The highest BCUT2D eigenvalue weighted by atomic mass is 19.1. The number of hydrogen-bond acceptors (Lipinski definition) is 6. The van der Waals surface area contributed by atoms with Crippen molar-refractivity contribution >= 4 is 16.9 Å². The normalized spacial score (nSPS) is 15.6. The monoisotopic (exact) mass is 441 g/mol. The summed E-state index contributed by atoms with van der Waals surface area (Å²) in [6.07, 6.45) is 0.605. The average Bonchev–Trinajstić information content (AvgIpc) is 3.04. The Kier molecular flexibility index (Phi) is 5.88. The quantitative estimate of drug-likeness (QED) is 0.558. The zero-order valence-corrected chi connectivity index (χ0v) is 18.1. The standard InChI is InChI=1S/C24H24FNO6/c1-13(2)31-10-4-9-26-21(14-5-7-17(27)19(11-14)30-3)20-22(28)16-12-15(25)6-8-18(16)32-23(20)24(26)29/h5-8,11-13,21,27H,4,9-10H2,1-3H3. The summed E-state index contributed by atoms with van der Waals surface area (Å²) in [4.78, 5) is 28.2. The van der Waals surface area contributed by atoms with Gasteiger partial charge in [-0.05, 0) is 56.2 Å². The van der Waals surface area contributed by atoms with Crippen LogP contribution in [-0.4, -0.2) is 42.3 Å². The molecule has 0 fully saturated rings. The molecule has 7 nitrogen and oxygen atoms in total. The molecule has 168 valence electrons. The van der Waals surface area contributed by atoms with Crippen LogP contribution in [-0.2, 0) is 4.74 Å². The lowest BCUT2D eigenvalue weighted by Crippen LogP contribution is -2.31. The molecule has 0 spiro atoms. The number of carbonyl (C=O) groups is 1. The van der Waals surface area contributed by atoms with Crippen LogP contribution < -0.4 is 10.2 Å². The third kappa shape index (κ3) is 3.82. The minimum absolute atomic E-state index is 0.0575. The molecule has 3 aromatic rings. The number of ether oxygens (including phenoxy) is 2. The molecular formula is C24H24FNO6. The van der Waals surface area contributed by atoms with Crippen LogP contribution in [0.5, 0.6) is 11.5 Å². The fourth-order valence-electron chi connectivity index (χ4n) is 3.99. The number of phenolic OH excluding ortho intramolecular Hbond substituents is 1. The Labute approximate surface area is 184 Å². The first-order valence-corrected chi connectivity index (χ1v) is 10.4. The lowest BCUT2D eigenvalue weighted by molar-refractivity contribution is 0.0593. The van der Waals surface area contributed by atoms with E-state index in [1.165, 1.54) is 25.3 Å². The number of phenols is 1. The van der Waals surface area contributed by atoms with Crippen molar-refractivity contribution in [2.24, 2.45) is 0 Å². The van der Waals surface area contributed by atoms with Gasteiger partial charge in [0.15, 0.2) is 16.9 Å². The van der Waals surface area contributed by atoms with Crippen LogP contribution in [0, 0.1) is 5.82 Å². The van der Waals surface area contributed by atoms with E-state index in [0.717, 1.165) is 6.07 Å². The number of benzene rings is 2. The van der Waals surface area contributed by atoms with E-state index in [9.17, 15) is 19.1 Å². The van der Waals surface area contributed by atoms with E-state index in [-0.39, 0.29) is 39.9 Å². The number of nitrogens with zero attached hydrogens (tertiary/aromatic N) is 1. The number of fused-ring (bicyclic) bond motifs is 2. The number of hydrogen-bond donors (Lipinski definition) is 1. The van der Waals surface area contributed by atoms with Gasteiger partial charge in [-0.15, -0.1) is 0 Å². The Balaban J connectivity index is 1.85. The van der Waals surface area contributed by atoms with Crippen LogP contribution >= 0.6 is 0 Å². The van der Waals surface area contributed by atoms with Gasteiger partial charge < -0.3 is 23.9 Å². The molecule has 1 atom stereocenters. The number of halogens is 1. The number of carbonyl (C=O) groups excluding carboxylic acids is 1. The third-order valence-corrected chi connectivity index (χ3v) is 5.44. The third-order valence-electron chi connectivity index (χ3n) is 5.44. The van der Waals surface area contributed by atoms with Crippen LogP contribution in [0.2, 0.25) is 0 Å². The van der Waals surface area contributed by atoms with Gasteiger partial charge in [0, 0.05) is 13.2 Å². The summed E-state index contributed by atoms with van der Waals surface area (Å²) < 4.78 is 30.4. The zero-order chi connectivity index (χ0) is 23.0. The molecule has 2 aromatic carbocycles. The van der Waals surface area contributed by atoms with Gasteiger partial charge in [0.2, 0.25) is 5.76 Å². The highest BCUT2D eigenvalue weighted by Gasteiger charge is 2.42. The number of aromatic hydroxyl groups is 1. The molecule has 1 aromatic heterocycles. The molecule has 0 bridgehead atoms. The van der Waals surface area contributed by atoms with Crippen molar-refractivity contribution < 1.29 is 28.2 Å². The second-order valence-electron chi connectivity index (χ2n) is 7.92. The number of rotatable bonds is 7. The maximum atomic E-state index is 13.8. The Bertz CT molecular complexity index is 1240. The van der Waals surface area contributed by atoms with Gasteiger partial charge in [-0.3, -0.25) is 9.59 Å². The van der Waals surface area contributed by atoms with E-state index in [4.69, 9.17) is 13.9 Å². The highest BCUT2D eigenvalue weighted by molar-refractivity contribution is 5.99. The predicted molar refractivity (Wildman–Crippen MR) is 116 cm³/mol. The van der Waals surface area contributed by atoms with E-state index in [1.807, 2.05) is 13.8 Å². The molecule has 1 unspecified atom stereocenters. The predicted octanol–water partition coefficient (Wildman–Crippen LogP) is 4.01. The largest absolute Gasteiger partial charge is 0.504 e. The van der Waals surface area contributed by atoms with Gasteiger partial charge in [-0.2, -0.15) is 0 Å². The molecule has 2 heterocycles. The summed E-state index contributed by atoms with van der Waals surface area (Å²) in [6.45, 7) is 4.61. The first-order valence-electron chi connectivity index (χ1n) is 10.4. The summed E-state index contributed by atoms with van der Waals surface area (Å²) in [5, 5.41) is 10.1. The van der Waals surface area contributed by atoms with E-state index < -0.39 is 23.2 Å². The average molecular weight is 441 g/mol. The smallest absolute Gasteiger partial charge is 0.290 e. The first-order chi connectivity index (χ1) is 15.3. The molecular weight excluding hydrogens is 417 g/mol. The van der Waals surface area contributed by atoms with Crippen LogP contribution in [0.4, 0.5) is 4.39 Å². The van der Waals surface area contributed by atoms with E-state index in [2.05, 4.69) is 0 Å². The van der Waals surface area contributed by atoms with E-state index >= 15 is 0 Å². The van der Waals surface area contributed by atoms with E-state index in [1.54, 1.807) is 17.0 Å². The summed E-state index contributed by atoms with van der Waals surface area (Å²) in [5.41, 5.74) is 0.396. The van der Waals surface area contributed by atoms with Crippen molar-refractivity contribution in [1.82, 2.24) is 4.90 Å². The lowest BCUT2D eigenvalue weighted by atomic mass is 9.98. The van der Waals surface area contributed by atoms with Crippen molar-refractivity contribution in [1.29, 1.82) is 0 Å². The molecule has 32 heavy (non-hydrogen) atoms. The molecule has 1 amide bonds. The molecule has 4 rings (SSSR count). The summed E-state index contributed by atoms with van der Waals surface area (Å²) in [5.74, 6) is -0.909. The second kappa shape index (κ2) is 8.63. The Hall–Kier alpha value is -3.39. The van der Waals surface area contributed by atoms with Gasteiger partial charge in [-0.25, -0.2) is 4.39 Å². The first kappa shape index (κ1) is 21.8. The van der Waals surface area contributed by atoms with Crippen molar-refractivity contribution in [2.45, 2.75) is 32.4 Å². The minimum Gasteiger partial charge on any atom is -0.504 e. The van der Waals surface area contributed by atoms with Crippen molar-refractivity contribution in [3.05, 3.63) is 69.3 Å². The van der Waals surface area contributed by atoms with Gasteiger partial charge in [0.1, 0.15) is 11.4 Å². The van der Waals surface area contributed by atoms with Gasteiger partial charge in [0.25, 0.3) is 5.91 Å². The van der Waals surface area contributed by atoms with Crippen molar-refractivity contribution in [3.8, 4) is 11.5 Å². The van der Waals surface area contributed by atoms with Gasteiger partial charge in [-0.1, -0.05) is 6.07 Å². The molecule has 1 N–H and O–H groups in total. The maximum absolute atomic E-state index is 13.8. The second-order valence-corrected chi connectivity index (χ2v) is 7.92. The number of amides is 1. The van der Waals surface area contributed by atoms with Crippen molar-refractivity contribution in [3.63, 3.8) is 0 Å². The van der Waals surface area contributed by atoms with Crippen molar-refractivity contribution in [2.75, 3.05) is 20.3 Å². The zero-order valence-electron chi connectivity index (χ0n) is 18.1. The van der Waals surface area contributed by atoms with Gasteiger partial charge >= 0.3 is 0 Å². The SMILES string of the molecule is COc1cc(C2c3c(oc4ccc(F)cc4c3=O)C(=O)N2CCCOC(C)C)ccc1O. The molecule has 0 saturated heterocycles. The molecule has 8 heteroatoms. The Morgan fingerprint density at radius 1 is 1.19 bits per heavy atom. The van der Waals surface area contributed by atoms with Crippen LogP contribution in [0.15, 0.2) is 45.6 Å². The number of methoxy groups -OCH3 is 1.